The number of rotatable bonds is 5. The summed E-state index contributed by atoms with van der Waals surface area (Å²) in [6.45, 7) is 7.55. The second-order valence-electron chi connectivity index (χ2n) is 7.92. The summed E-state index contributed by atoms with van der Waals surface area (Å²) in [5.74, 6) is 1.08. The number of aryl methyl sites for hydroxylation is 2. The van der Waals surface area contributed by atoms with Gasteiger partial charge in [-0.25, -0.2) is 4.98 Å². The van der Waals surface area contributed by atoms with Crippen LogP contribution in [0.25, 0.3) is 0 Å². The van der Waals surface area contributed by atoms with E-state index >= 15 is 0 Å². The average Bonchev–Trinajstić information content (AvgIpc) is 2.81. The molecular weight excluding hydrogens is 404 g/mol. The van der Waals surface area contributed by atoms with Gasteiger partial charge in [-0.05, 0) is 55.3 Å². The summed E-state index contributed by atoms with van der Waals surface area (Å²) in [5, 5.41) is 2.81. The van der Waals surface area contributed by atoms with Gasteiger partial charge in [-0.15, -0.1) is 0 Å². The number of hydrogen-bond acceptors (Lipinski definition) is 7. The van der Waals surface area contributed by atoms with Gasteiger partial charge in [-0.3, -0.25) is 4.79 Å². The molecule has 1 aliphatic rings. The molecule has 4 rings (SSSR count). The minimum absolute atomic E-state index is 0.165. The molecule has 1 fully saturated rings. The van der Waals surface area contributed by atoms with E-state index in [1.807, 2.05) is 0 Å². The molecule has 8 heteroatoms. The fourth-order valence-corrected chi connectivity index (χ4v) is 3.79. The Balaban J connectivity index is 1.41. The molecule has 0 spiro atoms. The number of carbonyl (C=O) groups excluding carboxylic acids is 1. The van der Waals surface area contributed by atoms with E-state index in [0.717, 1.165) is 26.2 Å². The fraction of sp³-hybridized carbons (Fsp3) is 0.292. The maximum absolute atomic E-state index is 12.6. The lowest BCUT2D eigenvalue weighted by Crippen LogP contribution is -2.47. The summed E-state index contributed by atoms with van der Waals surface area (Å²) in [4.78, 5) is 25.9. The number of anilines is 4. The van der Waals surface area contributed by atoms with Crippen LogP contribution in [0.4, 0.5) is 23.1 Å². The fourth-order valence-electron chi connectivity index (χ4n) is 3.79. The van der Waals surface area contributed by atoms with E-state index in [0.29, 0.717) is 17.4 Å². The predicted molar refractivity (Wildman–Crippen MR) is 128 cm³/mol. The molecule has 0 atom stereocenters. The van der Waals surface area contributed by atoms with Crippen molar-refractivity contribution < 1.29 is 9.53 Å². The third-order valence-corrected chi connectivity index (χ3v) is 5.67. The van der Waals surface area contributed by atoms with Gasteiger partial charge in [0.1, 0.15) is 17.1 Å². The molecule has 1 amide bonds. The molecule has 2 heterocycles. The van der Waals surface area contributed by atoms with Crippen molar-refractivity contribution in [2.45, 2.75) is 13.8 Å². The summed E-state index contributed by atoms with van der Waals surface area (Å²) < 4.78 is 5.13. The van der Waals surface area contributed by atoms with Gasteiger partial charge in [0.05, 0.1) is 7.11 Å². The third kappa shape index (κ3) is 4.59. The quantitative estimate of drug-likeness (QED) is 0.639. The zero-order valence-corrected chi connectivity index (χ0v) is 18.6. The topological polar surface area (TPSA) is 96.6 Å². The minimum atomic E-state index is -0.348. The van der Waals surface area contributed by atoms with Gasteiger partial charge in [0.15, 0.2) is 0 Å². The first-order chi connectivity index (χ1) is 15.4. The highest BCUT2D eigenvalue weighted by Gasteiger charge is 2.22. The Morgan fingerprint density at radius 3 is 2.38 bits per heavy atom. The molecule has 3 N–H and O–H groups in total. The Hall–Kier alpha value is -3.81. The number of nitrogens with zero attached hydrogens (tertiary/aromatic N) is 4. The SMILES string of the molecule is COc1ccc(NC(=O)c2cnc(N3CCN(c4cc(C)ccc4C)CC3)nc2N)cc1. The zero-order valence-electron chi connectivity index (χ0n) is 18.6. The van der Waals surface area contributed by atoms with Crippen LogP contribution in [-0.4, -0.2) is 49.2 Å². The predicted octanol–water partition coefficient (Wildman–Crippen LogP) is 3.26. The summed E-state index contributed by atoms with van der Waals surface area (Å²) in [7, 11) is 1.59. The van der Waals surface area contributed by atoms with E-state index in [-0.39, 0.29) is 17.3 Å². The number of benzene rings is 2. The molecule has 8 nitrogen and oxygen atoms in total. The number of piperazine rings is 1. The normalized spacial score (nSPS) is 13.7. The first-order valence-electron chi connectivity index (χ1n) is 10.6. The van der Waals surface area contributed by atoms with Crippen molar-refractivity contribution >= 4 is 29.0 Å². The van der Waals surface area contributed by atoms with E-state index < -0.39 is 0 Å². The highest BCUT2D eigenvalue weighted by Crippen LogP contribution is 2.24. The van der Waals surface area contributed by atoms with Crippen LogP contribution in [0.2, 0.25) is 0 Å². The molecule has 2 aromatic carbocycles. The smallest absolute Gasteiger partial charge is 0.260 e. The van der Waals surface area contributed by atoms with Crippen molar-refractivity contribution in [3.05, 3.63) is 65.4 Å². The second kappa shape index (κ2) is 9.13. The van der Waals surface area contributed by atoms with Crippen molar-refractivity contribution in [3.63, 3.8) is 0 Å². The highest BCUT2D eigenvalue weighted by molar-refractivity contribution is 6.07. The van der Waals surface area contributed by atoms with E-state index in [2.05, 4.69) is 57.1 Å². The highest BCUT2D eigenvalue weighted by atomic mass is 16.5. The van der Waals surface area contributed by atoms with Crippen molar-refractivity contribution in [2.75, 3.05) is 54.1 Å². The van der Waals surface area contributed by atoms with Gasteiger partial charge >= 0.3 is 0 Å². The third-order valence-electron chi connectivity index (χ3n) is 5.67. The Morgan fingerprint density at radius 2 is 1.72 bits per heavy atom. The van der Waals surface area contributed by atoms with E-state index in [1.165, 1.54) is 23.0 Å². The molecule has 3 aromatic rings. The number of amides is 1. The largest absolute Gasteiger partial charge is 0.497 e. The van der Waals surface area contributed by atoms with Crippen LogP contribution in [0.3, 0.4) is 0 Å². The Labute approximate surface area is 188 Å². The number of ether oxygens (including phenoxy) is 1. The molecule has 1 aromatic heterocycles. The lowest BCUT2D eigenvalue weighted by Gasteiger charge is -2.37. The van der Waals surface area contributed by atoms with Gasteiger partial charge < -0.3 is 25.6 Å². The van der Waals surface area contributed by atoms with Crippen molar-refractivity contribution in [1.82, 2.24) is 9.97 Å². The van der Waals surface area contributed by atoms with Crippen molar-refractivity contribution in [1.29, 1.82) is 0 Å². The van der Waals surface area contributed by atoms with Gasteiger partial charge in [-0.2, -0.15) is 4.98 Å². The zero-order chi connectivity index (χ0) is 22.7. The van der Waals surface area contributed by atoms with Crippen LogP contribution in [0.15, 0.2) is 48.7 Å². The van der Waals surface area contributed by atoms with Crippen LogP contribution in [0.1, 0.15) is 21.5 Å². The molecule has 0 unspecified atom stereocenters. The maximum atomic E-state index is 12.6. The van der Waals surface area contributed by atoms with Gasteiger partial charge in [0, 0.05) is 43.8 Å². The molecule has 32 heavy (non-hydrogen) atoms. The lowest BCUT2D eigenvalue weighted by molar-refractivity contribution is 0.102. The average molecular weight is 433 g/mol. The van der Waals surface area contributed by atoms with Crippen LogP contribution in [0, 0.1) is 13.8 Å². The molecule has 1 aliphatic heterocycles. The molecule has 1 saturated heterocycles. The molecule has 0 bridgehead atoms. The number of hydrogen-bond donors (Lipinski definition) is 2. The second-order valence-corrected chi connectivity index (χ2v) is 7.92. The van der Waals surface area contributed by atoms with E-state index in [4.69, 9.17) is 10.5 Å². The molecule has 0 aliphatic carbocycles. The summed E-state index contributed by atoms with van der Waals surface area (Å²) in [6.07, 6.45) is 1.49. The van der Waals surface area contributed by atoms with Crippen LogP contribution in [0.5, 0.6) is 5.75 Å². The standard InChI is InChI=1S/C24H28N6O2/c1-16-4-5-17(2)21(14-16)29-10-12-30(13-11-29)24-26-15-20(22(25)28-24)23(31)27-18-6-8-19(32-3)9-7-18/h4-9,14-15H,10-13H2,1-3H3,(H,27,31)(H2,25,26,28). The van der Waals surface area contributed by atoms with E-state index in [1.54, 1.807) is 31.4 Å². The van der Waals surface area contributed by atoms with Gasteiger partial charge in [0.25, 0.3) is 5.91 Å². The molecule has 0 radical (unpaired) electrons. The lowest BCUT2D eigenvalue weighted by atomic mass is 10.1. The maximum Gasteiger partial charge on any atom is 0.260 e. The van der Waals surface area contributed by atoms with Crippen molar-refractivity contribution in [3.8, 4) is 5.75 Å². The van der Waals surface area contributed by atoms with Crippen LogP contribution >= 0.6 is 0 Å². The molecular formula is C24H28N6O2. The van der Waals surface area contributed by atoms with E-state index in [9.17, 15) is 4.79 Å². The van der Waals surface area contributed by atoms with Crippen molar-refractivity contribution in [2.24, 2.45) is 0 Å². The summed E-state index contributed by atoms with van der Waals surface area (Å²) >= 11 is 0. The van der Waals surface area contributed by atoms with Gasteiger partial charge in [0.2, 0.25) is 5.95 Å². The number of nitrogen functional groups attached to an aromatic ring is 1. The van der Waals surface area contributed by atoms with Crippen LogP contribution in [-0.2, 0) is 0 Å². The Bertz CT molecular complexity index is 1110. The summed E-state index contributed by atoms with van der Waals surface area (Å²) in [5.41, 5.74) is 10.8. The Kier molecular flexibility index (Phi) is 6.11. The monoisotopic (exact) mass is 432 g/mol. The number of carbonyl (C=O) groups is 1. The number of nitrogens with two attached hydrogens (primary N) is 1. The number of nitrogens with one attached hydrogen (secondary N) is 1. The number of methoxy groups -OCH3 is 1. The Morgan fingerprint density at radius 1 is 1.03 bits per heavy atom. The van der Waals surface area contributed by atoms with Crippen LogP contribution < -0.4 is 25.6 Å². The minimum Gasteiger partial charge on any atom is -0.497 e. The summed E-state index contributed by atoms with van der Waals surface area (Å²) in [6, 6.07) is 13.6. The molecule has 166 valence electrons. The first kappa shape index (κ1) is 21.4. The molecule has 0 saturated carbocycles. The van der Waals surface area contributed by atoms with Gasteiger partial charge in [-0.1, -0.05) is 12.1 Å². The number of aromatic nitrogens is 2. The first-order valence-corrected chi connectivity index (χ1v) is 10.6.